The molecule has 3 aromatic carbocycles. The zero-order valence-electron chi connectivity index (χ0n) is 14.6. The summed E-state index contributed by atoms with van der Waals surface area (Å²) in [5.74, 6) is -1.35. The Kier molecular flexibility index (Phi) is 5.26. The fourth-order valence-electron chi connectivity index (χ4n) is 2.73. The fraction of sp³-hybridized carbons (Fsp3) is 0.0952. The smallest absolute Gasteiger partial charge is 0.339 e. The molecule has 0 aliphatic rings. The molecule has 3 N–H and O–H groups in total. The summed E-state index contributed by atoms with van der Waals surface area (Å²) >= 11 is 0. The van der Waals surface area contributed by atoms with E-state index >= 15 is 0 Å². The lowest BCUT2D eigenvalue weighted by atomic mass is 10.0. The van der Waals surface area contributed by atoms with Crippen LogP contribution in [0.5, 0.6) is 11.5 Å². The number of halogens is 1. The molecule has 0 radical (unpaired) electrons. The number of hydrogen-bond donors (Lipinski definition) is 3. The van der Waals surface area contributed by atoms with Crippen molar-refractivity contribution in [2.24, 2.45) is 0 Å². The number of phenols is 1. The van der Waals surface area contributed by atoms with E-state index in [1.165, 1.54) is 31.4 Å². The number of ether oxygens (including phenoxy) is 1. The van der Waals surface area contributed by atoms with Crippen LogP contribution in [-0.2, 0) is 6.54 Å². The molecule has 0 saturated heterocycles. The molecular formula is C21H18FNO4. The molecule has 3 rings (SSSR count). The summed E-state index contributed by atoms with van der Waals surface area (Å²) in [6.45, 7) is 0.477. The van der Waals surface area contributed by atoms with Gasteiger partial charge in [-0.05, 0) is 41.5 Å². The van der Waals surface area contributed by atoms with Crippen LogP contribution in [0.15, 0.2) is 60.7 Å². The van der Waals surface area contributed by atoms with Crippen LogP contribution < -0.4 is 10.1 Å². The number of aromatic carboxylic acids is 1. The number of carboxylic acid groups (broad SMARTS) is 1. The normalized spacial score (nSPS) is 10.4. The van der Waals surface area contributed by atoms with E-state index in [-0.39, 0.29) is 17.1 Å². The highest BCUT2D eigenvalue weighted by Gasteiger charge is 2.10. The third-order valence-corrected chi connectivity index (χ3v) is 4.15. The standard InChI is InChI=1S/C21H18FNO4/c1-27-20-10-15(22)6-8-17(20)14-4-2-13(3-5-14)12-23-16-7-9-19(24)18(11-16)21(25)26/h2-11,23-24H,12H2,1H3,(H,25,26). The van der Waals surface area contributed by atoms with Crippen LogP contribution in [0.4, 0.5) is 10.1 Å². The van der Waals surface area contributed by atoms with Gasteiger partial charge in [0.25, 0.3) is 0 Å². The maximum atomic E-state index is 13.3. The quantitative estimate of drug-likeness (QED) is 0.559. The summed E-state index contributed by atoms with van der Waals surface area (Å²) in [6.07, 6.45) is 0. The lowest BCUT2D eigenvalue weighted by molar-refractivity contribution is 0.0694. The molecule has 0 spiro atoms. The van der Waals surface area contributed by atoms with Crippen molar-refractivity contribution in [3.63, 3.8) is 0 Å². The van der Waals surface area contributed by atoms with Gasteiger partial charge in [0.2, 0.25) is 0 Å². The molecule has 0 bridgehead atoms. The predicted molar refractivity (Wildman–Crippen MR) is 101 cm³/mol. The van der Waals surface area contributed by atoms with Crippen molar-refractivity contribution in [1.29, 1.82) is 0 Å². The zero-order valence-corrected chi connectivity index (χ0v) is 14.6. The molecule has 6 heteroatoms. The van der Waals surface area contributed by atoms with E-state index in [1.54, 1.807) is 12.1 Å². The molecule has 0 fully saturated rings. The lowest BCUT2D eigenvalue weighted by Crippen LogP contribution is -2.02. The van der Waals surface area contributed by atoms with Crippen LogP contribution in [0.3, 0.4) is 0 Å². The van der Waals surface area contributed by atoms with Gasteiger partial charge in [0.05, 0.1) is 7.11 Å². The van der Waals surface area contributed by atoms with Crippen molar-refractivity contribution in [2.75, 3.05) is 12.4 Å². The topological polar surface area (TPSA) is 78.8 Å². The van der Waals surface area contributed by atoms with E-state index in [4.69, 9.17) is 9.84 Å². The van der Waals surface area contributed by atoms with Crippen molar-refractivity contribution in [1.82, 2.24) is 0 Å². The van der Waals surface area contributed by atoms with E-state index in [0.29, 0.717) is 18.0 Å². The molecular weight excluding hydrogens is 349 g/mol. The SMILES string of the molecule is COc1cc(F)ccc1-c1ccc(CNc2ccc(O)c(C(=O)O)c2)cc1. The molecule has 0 unspecified atom stereocenters. The highest BCUT2D eigenvalue weighted by molar-refractivity contribution is 5.92. The average Bonchev–Trinajstić information content (AvgIpc) is 2.67. The van der Waals surface area contributed by atoms with Gasteiger partial charge in [-0.25, -0.2) is 9.18 Å². The van der Waals surface area contributed by atoms with E-state index < -0.39 is 5.97 Å². The van der Waals surface area contributed by atoms with Crippen LogP contribution >= 0.6 is 0 Å². The molecule has 0 saturated carbocycles. The largest absolute Gasteiger partial charge is 0.507 e. The van der Waals surface area contributed by atoms with Crippen LogP contribution in [0.25, 0.3) is 11.1 Å². The molecule has 5 nitrogen and oxygen atoms in total. The first-order valence-electron chi connectivity index (χ1n) is 8.21. The van der Waals surface area contributed by atoms with Crippen molar-refractivity contribution in [3.8, 4) is 22.6 Å². The molecule has 0 aliphatic carbocycles. The minimum atomic E-state index is -1.19. The Balaban J connectivity index is 1.73. The Bertz CT molecular complexity index is 970. The fourth-order valence-corrected chi connectivity index (χ4v) is 2.73. The number of rotatable bonds is 6. The third-order valence-electron chi connectivity index (χ3n) is 4.15. The molecule has 138 valence electrons. The van der Waals surface area contributed by atoms with E-state index in [9.17, 15) is 14.3 Å². The van der Waals surface area contributed by atoms with E-state index in [0.717, 1.165) is 16.7 Å². The average molecular weight is 367 g/mol. The molecule has 0 aromatic heterocycles. The highest BCUT2D eigenvalue weighted by Crippen LogP contribution is 2.31. The van der Waals surface area contributed by atoms with Crippen molar-refractivity contribution in [2.45, 2.75) is 6.54 Å². The number of anilines is 1. The lowest BCUT2D eigenvalue weighted by Gasteiger charge is -2.11. The maximum absolute atomic E-state index is 13.3. The molecule has 3 aromatic rings. The van der Waals surface area contributed by atoms with Crippen molar-refractivity contribution in [3.05, 3.63) is 77.6 Å². The predicted octanol–water partition coefficient (Wildman–Crippen LogP) is 4.52. The van der Waals surface area contributed by atoms with E-state index in [2.05, 4.69) is 5.32 Å². The molecule has 0 atom stereocenters. The van der Waals surface area contributed by atoms with Gasteiger partial charge in [0.1, 0.15) is 22.9 Å². The second-order valence-corrected chi connectivity index (χ2v) is 5.93. The van der Waals surface area contributed by atoms with Gasteiger partial charge in [-0.1, -0.05) is 24.3 Å². The van der Waals surface area contributed by atoms with Gasteiger partial charge in [-0.15, -0.1) is 0 Å². The van der Waals surface area contributed by atoms with Crippen LogP contribution in [0.1, 0.15) is 15.9 Å². The number of hydrogen-bond acceptors (Lipinski definition) is 4. The highest BCUT2D eigenvalue weighted by atomic mass is 19.1. The van der Waals surface area contributed by atoms with Crippen LogP contribution in [-0.4, -0.2) is 23.3 Å². The number of carbonyl (C=O) groups is 1. The molecule has 27 heavy (non-hydrogen) atoms. The number of carboxylic acids is 1. The first-order chi connectivity index (χ1) is 13.0. The van der Waals surface area contributed by atoms with Gasteiger partial charge >= 0.3 is 5.97 Å². The van der Waals surface area contributed by atoms with Crippen molar-refractivity contribution < 1.29 is 24.1 Å². The monoisotopic (exact) mass is 367 g/mol. The Morgan fingerprint density at radius 1 is 1.07 bits per heavy atom. The number of benzene rings is 3. The van der Waals surface area contributed by atoms with Gasteiger partial charge < -0.3 is 20.3 Å². The number of nitrogens with one attached hydrogen (secondary N) is 1. The Labute approximate surface area is 155 Å². The minimum absolute atomic E-state index is 0.154. The van der Waals surface area contributed by atoms with E-state index in [1.807, 2.05) is 24.3 Å². The maximum Gasteiger partial charge on any atom is 0.339 e. The Morgan fingerprint density at radius 3 is 2.48 bits per heavy atom. The summed E-state index contributed by atoms with van der Waals surface area (Å²) < 4.78 is 18.6. The zero-order chi connectivity index (χ0) is 19.4. The van der Waals surface area contributed by atoms with Gasteiger partial charge in [0.15, 0.2) is 0 Å². The second-order valence-electron chi connectivity index (χ2n) is 5.93. The summed E-state index contributed by atoms with van der Waals surface area (Å²) in [6, 6.07) is 16.4. The molecule has 0 aliphatic heterocycles. The van der Waals surface area contributed by atoms with Gasteiger partial charge in [0, 0.05) is 23.9 Å². The molecule has 0 amide bonds. The summed E-state index contributed by atoms with van der Waals surface area (Å²) in [5.41, 5.74) is 3.11. The number of aromatic hydroxyl groups is 1. The number of methoxy groups -OCH3 is 1. The van der Waals surface area contributed by atoms with Gasteiger partial charge in [-0.3, -0.25) is 0 Å². The first-order valence-corrected chi connectivity index (χ1v) is 8.21. The molecule has 0 heterocycles. The third kappa shape index (κ3) is 4.17. The van der Waals surface area contributed by atoms with Crippen LogP contribution in [0, 0.1) is 5.82 Å². The van der Waals surface area contributed by atoms with Crippen molar-refractivity contribution >= 4 is 11.7 Å². The summed E-state index contributed by atoms with van der Waals surface area (Å²) in [4.78, 5) is 11.1. The van der Waals surface area contributed by atoms with Crippen LogP contribution in [0.2, 0.25) is 0 Å². The summed E-state index contributed by atoms with van der Waals surface area (Å²) in [5, 5.41) is 21.7. The van der Waals surface area contributed by atoms with Gasteiger partial charge in [-0.2, -0.15) is 0 Å². The Morgan fingerprint density at radius 2 is 1.81 bits per heavy atom. The second kappa shape index (κ2) is 7.78. The summed E-state index contributed by atoms with van der Waals surface area (Å²) in [7, 11) is 1.50. The first kappa shape index (κ1) is 18.3. The Hall–Kier alpha value is -3.54. The minimum Gasteiger partial charge on any atom is -0.507 e.